The maximum Gasteiger partial charge on any atom is 0.266 e. The molecule has 13 heteroatoms. The summed E-state index contributed by atoms with van der Waals surface area (Å²) in [6.45, 7) is 6.86. The van der Waals surface area contributed by atoms with Gasteiger partial charge in [-0.05, 0) is 43.7 Å². The van der Waals surface area contributed by atoms with Crippen LogP contribution in [0.4, 0.5) is 18.3 Å². The van der Waals surface area contributed by atoms with Gasteiger partial charge in [-0.1, -0.05) is 13.8 Å². The number of hydrogen-bond donors (Lipinski definition) is 1. The Morgan fingerprint density at radius 1 is 1.21 bits per heavy atom. The third-order valence-electron chi connectivity index (χ3n) is 7.93. The number of rotatable bonds is 8. The van der Waals surface area contributed by atoms with E-state index in [1.54, 1.807) is 5.38 Å². The summed E-state index contributed by atoms with van der Waals surface area (Å²) in [5.41, 5.74) is 0.763. The van der Waals surface area contributed by atoms with Crippen LogP contribution in [0.1, 0.15) is 30.6 Å². The molecule has 0 saturated carbocycles. The van der Waals surface area contributed by atoms with Gasteiger partial charge in [0.05, 0.1) is 11.8 Å². The number of aromatic nitrogens is 1. The summed E-state index contributed by atoms with van der Waals surface area (Å²) < 4.78 is 46.8. The van der Waals surface area contributed by atoms with Crippen molar-refractivity contribution in [1.82, 2.24) is 20.1 Å². The number of ketones is 1. The smallest absolute Gasteiger partial charge is 0.266 e. The van der Waals surface area contributed by atoms with E-state index in [0.717, 1.165) is 37.4 Å². The van der Waals surface area contributed by atoms with E-state index in [2.05, 4.69) is 27.1 Å². The van der Waals surface area contributed by atoms with Crippen molar-refractivity contribution in [2.75, 3.05) is 51.3 Å². The number of piperazine rings is 1. The molecule has 4 heterocycles. The van der Waals surface area contributed by atoms with Crippen molar-refractivity contribution in [2.45, 2.75) is 38.5 Å². The number of thiazole rings is 1. The van der Waals surface area contributed by atoms with Crippen molar-refractivity contribution < 1.29 is 32.3 Å². The molecule has 0 bridgehead atoms. The summed E-state index contributed by atoms with van der Waals surface area (Å²) in [5, 5.41) is 5.30. The van der Waals surface area contributed by atoms with Crippen LogP contribution < -0.4 is 10.2 Å². The summed E-state index contributed by atoms with van der Waals surface area (Å²) in [6, 6.07) is 2.05. The summed E-state index contributed by atoms with van der Waals surface area (Å²) in [5.74, 6) is -3.07. The fourth-order valence-corrected chi connectivity index (χ4v) is 6.64. The number of carbonyl (C=O) groups is 3. The number of nitrogens with one attached hydrogen (secondary N) is 1. The number of likely N-dealkylation sites (N-methyl/N-ethyl adjacent to an activating group) is 1. The number of nitrogens with zero attached hydrogens (tertiary/aromatic N) is 4. The molecule has 42 heavy (non-hydrogen) atoms. The molecule has 4 unspecified atom stereocenters. The van der Waals surface area contributed by atoms with Gasteiger partial charge in [0.15, 0.2) is 10.9 Å². The van der Waals surface area contributed by atoms with Crippen LogP contribution in [-0.2, 0) is 14.3 Å². The number of halogens is 3. The molecule has 1 aromatic carbocycles. The van der Waals surface area contributed by atoms with Crippen molar-refractivity contribution in [1.29, 1.82) is 0 Å². The highest BCUT2D eigenvalue weighted by Crippen LogP contribution is 2.34. The van der Waals surface area contributed by atoms with E-state index in [1.165, 1.54) is 28.4 Å². The second kappa shape index (κ2) is 12.5. The number of amides is 2. The molecule has 1 aromatic heterocycles. The summed E-state index contributed by atoms with van der Waals surface area (Å²) in [7, 11) is 2.07. The number of fused-ring (bicyclic) bond motifs is 1. The van der Waals surface area contributed by atoms with Crippen LogP contribution in [0.15, 0.2) is 35.7 Å². The zero-order valence-corrected chi connectivity index (χ0v) is 24.5. The molecule has 226 valence electrons. The highest BCUT2D eigenvalue weighted by molar-refractivity contribution is 7.14. The lowest BCUT2D eigenvalue weighted by molar-refractivity contribution is -0.138. The van der Waals surface area contributed by atoms with Crippen molar-refractivity contribution in [3.05, 3.63) is 47.1 Å². The second-order valence-electron chi connectivity index (χ2n) is 11.5. The van der Waals surface area contributed by atoms with Crippen molar-refractivity contribution in [3.8, 4) is 11.3 Å². The largest absolute Gasteiger partial charge is 0.367 e. The van der Waals surface area contributed by atoms with Crippen LogP contribution in [0.2, 0.25) is 0 Å². The molecule has 3 saturated heterocycles. The van der Waals surface area contributed by atoms with E-state index in [9.17, 15) is 23.2 Å². The molecule has 0 radical (unpaired) electrons. The Labute approximate surface area is 246 Å². The fraction of sp³-hybridized carbons (Fsp3) is 0.517. The summed E-state index contributed by atoms with van der Waals surface area (Å²) in [6.07, 6.45) is -1.83. The molecule has 3 aliphatic heterocycles. The fourth-order valence-electron chi connectivity index (χ4n) is 5.76. The molecule has 3 fully saturated rings. The van der Waals surface area contributed by atoms with Crippen LogP contribution in [0.5, 0.6) is 0 Å². The van der Waals surface area contributed by atoms with E-state index in [-0.39, 0.29) is 42.4 Å². The predicted octanol–water partition coefficient (Wildman–Crippen LogP) is 3.42. The van der Waals surface area contributed by atoms with Crippen LogP contribution >= 0.6 is 11.3 Å². The van der Waals surface area contributed by atoms with E-state index in [4.69, 9.17) is 4.74 Å². The Kier molecular flexibility index (Phi) is 9.00. The SMILES string of the molecule is CC(C)CC(NC(=O)c1ccc(-c2csc(N3CCN(C)CC3)n2)c(F)c1)C(=O)N1CC(C=C(F)F)C2OCC(=O)C21. The van der Waals surface area contributed by atoms with Gasteiger partial charge in [-0.3, -0.25) is 14.4 Å². The standard InChI is InChI=1S/C29H34F3N5O4S/c1-16(2)10-21(28(40)37-13-18(12-24(31)32)26-25(37)23(38)14-41-26)33-27(39)17-4-5-19(20(30)11-17)22-15-42-29(34-22)36-8-6-35(3)7-9-36/h4-5,11-12,15-16,18,21,25-26H,6-10,13-14H2,1-3H3,(H,33,39). The average molecular weight is 606 g/mol. The number of likely N-dealkylation sites (tertiary alicyclic amines) is 1. The first-order valence-electron chi connectivity index (χ1n) is 14.0. The minimum atomic E-state index is -1.92. The monoisotopic (exact) mass is 605 g/mol. The third kappa shape index (κ3) is 6.37. The van der Waals surface area contributed by atoms with Crippen molar-refractivity contribution >= 4 is 34.1 Å². The maximum atomic E-state index is 15.3. The first kappa shape index (κ1) is 30.2. The second-order valence-corrected chi connectivity index (χ2v) is 12.3. The van der Waals surface area contributed by atoms with E-state index >= 15 is 4.39 Å². The minimum Gasteiger partial charge on any atom is -0.367 e. The van der Waals surface area contributed by atoms with E-state index < -0.39 is 47.8 Å². The number of carbonyl (C=O) groups excluding carboxylic acids is 3. The van der Waals surface area contributed by atoms with Gasteiger partial charge in [-0.15, -0.1) is 11.3 Å². The van der Waals surface area contributed by atoms with Gasteiger partial charge >= 0.3 is 0 Å². The summed E-state index contributed by atoms with van der Waals surface area (Å²) >= 11 is 1.44. The zero-order valence-electron chi connectivity index (χ0n) is 23.7. The van der Waals surface area contributed by atoms with Crippen LogP contribution in [0.25, 0.3) is 11.3 Å². The number of Topliss-reactive ketones (excluding diaryl/α,β-unsaturated/α-hetero) is 1. The van der Waals surface area contributed by atoms with Crippen LogP contribution in [0, 0.1) is 17.7 Å². The van der Waals surface area contributed by atoms with Gasteiger partial charge in [0.1, 0.15) is 24.5 Å². The van der Waals surface area contributed by atoms with E-state index in [1.807, 2.05) is 13.8 Å². The van der Waals surface area contributed by atoms with Crippen molar-refractivity contribution in [2.24, 2.45) is 11.8 Å². The summed E-state index contributed by atoms with van der Waals surface area (Å²) in [4.78, 5) is 49.6. The van der Waals surface area contributed by atoms with Gasteiger partial charge in [0.25, 0.3) is 12.0 Å². The molecule has 0 aliphatic carbocycles. The highest BCUT2D eigenvalue weighted by Gasteiger charge is 2.52. The predicted molar refractivity (Wildman–Crippen MR) is 152 cm³/mol. The Morgan fingerprint density at radius 3 is 2.62 bits per heavy atom. The lowest BCUT2D eigenvalue weighted by atomic mass is 10.0. The number of benzene rings is 1. The molecule has 3 aliphatic rings. The third-order valence-corrected chi connectivity index (χ3v) is 8.83. The van der Waals surface area contributed by atoms with Crippen molar-refractivity contribution in [3.63, 3.8) is 0 Å². The molecule has 5 rings (SSSR count). The molecule has 4 atom stereocenters. The highest BCUT2D eigenvalue weighted by atomic mass is 32.1. The topological polar surface area (TPSA) is 95.1 Å². The lowest BCUT2D eigenvalue weighted by Crippen LogP contribution is -2.52. The average Bonchev–Trinajstić information content (AvgIpc) is 3.66. The van der Waals surface area contributed by atoms with Gasteiger partial charge in [-0.2, -0.15) is 8.78 Å². The first-order chi connectivity index (χ1) is 20.0. The molecule has 2 aromatic rings. The Hall–Kier alpha value is -3.29. The van der Waals surface area contributed by atoms with Gasteiger partial charge in [-0.25, -0.2) is 9.37 Å². The normalized spacial score (nSPS) is 23.3. The Morgan fingerprint density at radius 2 is 1.95 bits per heavy atom. The van der Waals surface area contributed by atoms with Crippen LogP contribution in [-0.4, -0.2) is 96.9 Å². The molecule has 1 N–H and O–H groups in total. The molecule has 2 amide bonds. The van der Waals surface area contributed by atoms with Gasteiger partial charge < -0.3 is 24.8 Å². The number of anilines is 1. The molecule has 0 spiro atoms. The quantitative estimate of drug-likeness (QED) is 0.493. The molecule has 9 nitrogen and oxygen atoms in total. The van der Waals surface area contributed by atoms with Crippen LogP contribution in [0.3, 0.4) is 0 Å². The Bertz CT molecular complexity index is 1370. The number of hydrogen-bond acceptors (Lipinski definition) is 8. The lowest BCUT2D eigenvalue weighted by Gasteiger charge is -2.32. The maximum absolute atomic E-state index is 15.3. The molecular weight excluding hydrogens is 571 g/mol. The van der Waals surface area contributed by atoms with Gasteiger partial charge in [0.2, 0.25) is 5.91 Å². The van der Waals surface area contributed by atoms with Gasteiger partial charge in [0, 0.05) is 55.1 Å². The molecular formula is C29H34F3N5O4S. The number of ether oxygens (including phenoxy) is 1. The first-order valence-corrected chi connectivity index (χ1v) is 14.9. The minimum absolute atomic E-state index is 0.0206. The zero-order chi connectivity index (χ0) is 30.1. The van der Waals surface area contributed by atoms with E-state index in [0.29, 0.717) is 11.8 Å². The Balaban J connectivity index is 1.31.